The predicted molar refractivity (Wildman–Crippen MR) is 116 cm³/mol. The van der Waals surface area contributed by atoms with E-state index in [0.29, 0.717) is 30.1 Å². The van der Waals surface area contributed by atoms with Crippen molar-refractivity contribution in [3.05, 3.63) is 71.3 Å². The minimum atomic E-state index is -0.0520. The second-order valence-corrected chi connectivity index (χ2v) is 9.41. The van der Waals surface area contributed by atoms with E-state index in [1.165, 1.54) is 24.8 Å². The largest absolute Gasteiger partial charge is 0.377 e. The van der Waals surface area contributed by atoms with Gasteiger partial charge in [-0.2, -0.15) is 0 Å². The molecule has 0 bridgehead atoms. The summed E-state index contributed by atoms with van der Waals surface area (Å²) in [5.41, 5.74) is 4.31. The van der Waals surface area contributed by atoms with E-state index in [1.54, 1.807) is 11.1 Å². The standard InChI is InChI=1S/C27H32O2/c28-26-14-13-25-24-12-11-21-9-4-5-10-22(21)23(24)15-17-27(25,26)16-6-18-29-19-20-7-2-1-3-8-20/h1-5,7-10,23-25H,6,11-19H2/t23-,24-,25+,27+/m1/s1. The molecule has 5 rings (SSSR count). The monoisotopic (exact) mass is 388 g/mol. The fourth-order valence-electron chi connectivity index (χ4n) is 6.81. The van der Waals surface area contributed by atoms with Crippen molar-refractivity contribution in [1.29, 1.82) is 0 Å². The van der Waals surface area contributed by atoms with E-state index in [1.807, 2.05) is 6.07 Å². The first-order valence-corrected chi connectivity index (χ1v) is 11.5. The molecule has 3 aliphatic rings. The molecule has 0 unspecified atom stereocenters. The summed E-state index contributed by atoms with van der Waals surface area (Å²) in [5, 5.41) is 0. The van der Waals surface area contributed by atoms with Gasteiger partial charge in [-0.25, -0.2) is 0 Å². The molecule has 0 amide bonds. The molecule has 2 fully saturated rings. The average molecular weight is 389 g/mol. The van der Waals surface area contributed by atoms with Gasteiger partial charge in [0.1, 0.15) is 5.78 Å². The topological polar surface area (TPSA) is 26.3 Å². The number of carbonyl (C=O) groups is 1. The summed E-state index contributed by atoms with van der Waals surface area (Å²) < 4.78 is 5.93. The highest BCUT2D eigenvalue weighted by Crippen LogP contribution is 2.61. The number of carbonyl (C=O) groups excluding carboxylic acids is 1. The van der Waals surface area contributed by atoms with Gasteiger partial charge in [-0.1, -0.05) is 54.6 Å². The molecule has 3 aliphatic carbocycles. The Labute approximate surface area is 174 Å². The van der Waals surface area contributed by atoms with Crippen LogP contribution in [0.5, 0.6) is 0 Å². The molecule has 0 radical (unpaired) electrons. The molecule has 152 valence electrons. The molecule has 0 aliphatic heterocycles. The van der Waals surface area contributed by atoms with Crippen LogP contribution in [0, 0.1) is 17.3 Å². The normalized spacial score (nSPS) is 30.5. The Balaban J connectivity index is 1.24. The maximum atomic E-state index is 13.1. The quantitative estimate of drug-likeness (QED) is 0.560. The second-order valence-electron chi connectivity index (χ2n) is 9.41. The van der Waals surface area contributed by atoms with E-state index in [4.69, 9.17) is 4.74 Å². The van der Waals surface area contributed by atoms with Gasteiger partial charge < -0.3 is 4.74 Å². The molecule has 0 N–H and O–H groups in total. The first-order chi connectivity index (χ1) is 14.3. The zero-order valence-corrected chi connectivity index (χ0v) is 17.3. The Morgan fingerprint density at radius 2 is 1.76 bits per heavy atom. The zero-order chi connectivity index (χ0) is 19.7. The highest BCUT2D eigenvalue weighted by molar-refractivity contribution is 5.87. The Kier molecular flexibility index (Phi) is 5.30. The van der Waals surface area contributed by atoms with Gasteiger partial charge in [0.15, 0.2) is 0 Å². The maximum Gasteiger partial charge on any atom is 0.139 e. The number of rotatable bonds is 6. The number of benzene rings is 2. The van der Waals surface area contributed by atoms with Crippen LogP contribution in [0.25, 0.3) is 0 Å². The Morgan fingerprint density at radius 3 is 2.66 bits per heavy atom. The summed E-state index contributed by atoms with van der Waals surface area (Å²) in [6, 6.07) is 19.4. The van der Waals surface area contributed by atoms with Crippen molar-refractivity contribution in [3.8, 4) is 0 Å². The van der Waals surface area contributed by atoms with Crippen LogP contribution in [0.2, 0.25) is 0 Å². The first-order valence-electron chi connectivity index (χ1n) is 11.5. The van der Waals surface area contributed by atoms with Crippen LogP contribution in [0.3, 0.4) is 0 Å². The van der Waals surface area contributed by atoms with Gasteiger partial charge in [0.05, 0.1) is 6.61 Å². The molecule has 2 heteroatoms. The summed E-state index contributed by atoms with van der Waals surface area (Å²) in [4.78, 5) is 13.1. The van der Waals surface area contributed by atoms with Crippen LogP contribution in [-0.2, 0) is 22.6 Å². The Morgan fingerprint density at radius 1 is 0.931 bits per heavy atom. The molecule has 2 saturated carbocycles. The van der Waals surface area contributed by atoms with Gasteiger partial charge in [-0.05, 0) is 79.4 Å². The van der Waals surface area contributed by atoms with Crippen molar-refractivity contribution in [2.75, 3.05) is 6.61 Å². The molecule has 2 aromatic carbocycles. The third kappa shape index (κ3) is 3.46. The second kappa shape index (κ2) is 8.07. The molecule has 0 saturated heterocycles. The van der Waals surface area contributed by atoms with E-state index >= 15 is 0 Å². The molecule has 0 aromatic heterocycles. The van der Waals surface area contributed by atoms with Crippen LogP contribution in [0.4, 0.5) is 0 Å². The summed E-state index contributed by atoms with van der Waals surface area (Å²) >= 11 is 0. The number of hydrogen-bond acceptors (Lipinski definition) is 2. The third-order valence-corrected chi connectivity index (χ3v) is 8.11. The first kappa shape index (κ1) is 19.1. The lowest BCUT2D eigenvalue weighted by atomic mass is 9.54. The lowest BCUT2D eigenvalue weighted by molar-refractivity contribution is -0.131. The van der Waals surface area contributed by atoms with E-state index in [-0.39, 0.29) is 5.41 Å². The smallest absolute Gasteiger partial charge is 0.139 e. The van der Waals surface area contributed by atoms with Crippen LogP contribution < -0.4 is 0 Å². The van der Waals surface area contributed by atoms with Gasteiger partial charge in [0, 0.05) is 18.4 Å². The van der Waals surface area contributed by atoms with Crippen molar-refractivity contribution >= 4 is 5.78 Å². The number of fused-ring (bicyclic) bond motifs is 5. The van der Waals surface area contributed by atoms with Crippen molar-refractivity contribution < 1.29 is 9.53 Å². The van der Waals surface area contributed by atoms with E-state index < -0.39 is 0 Å². The summed E-state index contributed by atoms with van der Waals surface area (Å²) in [6.45, 7) is 1.43. The molecular formula is C27H32O2. The van der Waals surface area contributed by atoms with Gasteiger partial charge >= 0.3 is 0 Å². The molecule has 2 aromatic rings. The third-order valence-electron chi connectivity index (χ3n) is 8.11. The fourth-order valence-corrected chi connectivity index (χ4v) is 6.81. The van der Waals surface area contributed by atoms with Crippen molar-refractivity contribution in [2.24, 2.45) is 17.3 Å². The maximum absolute atomic E-state index is 13.1. The van der Waals surface area contributed by atoms with Crippen LogP contribution in [-0.4, -0.2) is 12.4 Å². The van der Waals surface area contributed by atoms with Gasteiger partial charge in [-0.3, -0.25) is 4.79 Å². The fraction of sp³-hybridized carbons (Fsp3) is 0.519. The molecule has 29 heavy (non-hydrogen) atoms. The Bertz CT molecular complexity index is 858. The Hall–Kier alpha value is -1.93. The van der Waals surface area contributed by atoms with Crippen LogP contribution in [0.1, 0.15) is 67.6 Å². The minimum absolute atomic E-state index is 0.0520. The van der Waals surface area contributed by atoms with Gasteiger partial charge in [-0.15, -0.1) is 0 Å². The number of hydrogen-bond donors (Lipinski definition) is 0. The van der Waals surface area contributed by atoms with E-state index in [9.17, 15) is 4.79 Å². The van der Waals surface area contributed by atoms with Crippen molar-refractivity contribution in [3.63, 3.8) is 0 Å². The number of Topliss-reactive ketones (excluding diaryl/α,β-unsaturated/α-hetero) is 1. The number of aryl methyl sites for hydroxylation is 1. The predicted octanol–water partition coefficient (Wildman–Crippen LogP) is 6.09. The summed E-state index contributed by atoms with van der Waals surface area (Å²) in [6.07, 6.45) is 8.69. The number of ketones is 1. The lowest BCUT2D eigenvalue weighted by Crippen LogP contribution is -2.44. The van der Waals surface area contributed by atoms with Gasteiger partial charge in [0.25, 0.3) is 0 Å². The van der Waals surface area contributed by atoms with Crippen molar-refractivity contribution in [1.82, 2.24) is 0 Å². The highest BCUT2D eigenvalue weighted by Gasteiger charge is 2.56. The molecule has 0 heterocycles. The van der Waals surface area contributed by atoms with E-state index in [0.717, 1.165) is 38.7 Å². The van der Waals surface area contributed by atoms with Gasteiger partial charge in [0.2, 0.25) is 0 Å². The zero-order valence-electron chi connectivity index (χ0n) is 17.3. The minimum Gasteiger partial charge on any atom is -0.377 e. The van der Waals surface area contributed by atoms with E-state index in [2.05, 4.69) is 48.5 Å². The summed E-state index contributed by atoms with van der Waals surface area (Å²) in [5.74, 6) is 2.53. The lowest BCUT2D eigenvalue weighted by Gasteiger charge is -2.49. The average Bonchev–Trinajstić information content (AvgIpc) is 3.11. The molecule has 2 nitrogen and oxygen atoms in total. The van der Waals surface area contributed by atoms with Crippen molar-refractivity contribution in [2.45, 2.75) is 63.9 Å². The molecular weight excluding hydrogens is 356 g/mol. The SMILES string of the molecule is O=C1CC[C@H]2[C@@H]3CCc4ccccc4[C@H]3CC[C@]12CCCOCc1ccccc1. The van der Waals surface area contributed by atoms with Crippen LogP contribution >= 0.6 is 0 Å². The molecule has 0 spiro atoms. The summed E-state index contributed by atoms with van der Waals surface area (Å²) in [7, 11) is 0. The number of ether oxygens (including phenoxy) is 1. The van der Waals surface area contributed by atoms with Crippen LogP contribution in [0.15, 0.2) is 54.6 Å². The highest BCUT2D eigenvalue weighted by atomic mass is 16.5. The molecule has 4 atom stereocenters.